The average molecular weight is 457 g/mol. The van der Waals surface area contributed by atoms with E-state index >= 15 is 0 Å². The third-order valence-corrected chi connectivity index (χ3v) is 5.69. The van der Waals surface area contributed by atoms with Gasteiger partial charge < -0.3 is 5.32 Å². The standard InChI is InChI=1S/C26H21ClN4O2/c1-16(2)31-26(33)21-11-7-6-10-20(21)24(30-31)25(32)29-18-12-13-19(23(27)14-18)22(15-28)17-8-4-3-5-9-17/h3-14,16,22H,1-2H3,(H,29,32). The molecule has 0 radical (unpaired) electrons. The molecule has 7 heteroatoms. The van der Waals surface area contributed by atoms with Crippen LogP contribution in [-0.4, -0.2) is 15.7 Å². The number of carbonyl (C=O) groups excluding carboxylic acids is 1. The van der Waals surface area contributed by atoms with Crippen molar-refractivity contribution in [3.63, 3.8) is 0 Å². The van der Waals surface area contributed by atoms with E-state index in [4.69, 9.17) is 11.6 Å². The van der Waals surface area contributed by atoms with Gasteiger partial charge in [-0.2, -0.15) is 10.4 Å². The van der Waals surface area contributed by atoms with E-state index in [0.29, 0.717) is 27.0 Å². The molecule has 4 aromatic rings. The van der Waals surface area contributed by atoms with Crippen LogP contribution >= 0.6 is 11.6 Å². The maximum absolute atomic E-state index is 13.1. The van der Waals surface area contributed by atoms with Gasteiger partial charge in [-0.25, -0.2) is 4.68 Å². The Bertz CT molecular complexity index is 1440. The molecule has 0 spiro atoms. The molecule has 1 amide bonds. The summed E-state index contributed by atoms with van der Waals surface area (Å²) in [7, 11) is 0. The molecule has 1 unspecified atom stereocenters. The van der Waals surface area contributed by atoms with Crippen molar-refractivity contribution in [3.05, 3.63) is 105 Å². The number of halogens is 1. The number of amides is 1. The van der Waals surface area contributed by atoms with E-state index in [0.717, 1.165) is 5.56 Å². The Morgan fingerprint density at radius 1 is 1.03 bits per heavy atom. The fraction of sp³-hybridized carbons (Fsp3) is 0.154. The lowest BCUT2D eigenvalue weighted by Crippen LogP contribution is -2.28. The largest absolute Gasteiger partial charge is 0.321 e. The first-order chi connectivity index (χ1) is 15.9. The molecular formula is C26H21ClN4O2. The first-order valence-electron chi connectivity index (χ1n) is 10.5. The number of hydrogen-bond acceptors (Lipinski definition) is 4. The lowest BCUT2D eigenvalue weighted by molar-refractivity contribution is 0.102. The van der Waals surface area contributed by atoms with E-state index in [1.807, 2.05) is 44.2 Å². The maximum atomic E-state index is 13.1. The number of hydrogen-bond donors (Lipinski definition) is 1. The van der Waals surface area contributed by atoms with Crippen LogP contribution in [-0.2, 0) is 0 Å². The Morgan fingerprint density at radius 3 is 2.33 bits per heavy atom. The highest BCUT2D eigenvalue weighted by molar-refractivity contribution is 6.32. The topological polar surface area (TPSA) is 87.8 Å². The molecule has 0 bridgehead atoms. The summed E-state index contributed by atoms with van der Waals surface area (Å²) in [5.41, 5.74) is 1.86. The van der Waals surface area contributed by atoms with Crippen LogP contribution in [0.3, 0.4) is 0 Å². The Kier molecular flexibility index (Phi) is 6.25. The number of carbonyl (C=O) groups is 1. The molecule has 0 aliphatic carbocycles. The summed E-state index contributed by atoms with van der Waals surface area (Å²) in [5, 5.41) is 18.1. The highest BCUT2D eigenvalue weighted by atomic mass is 35.5. The Balaban J connectivity index is 1.68. The number of nitrogens with one attached hydrogen (secondary N) is 1. The lowest BCUT2D eigenvalue weighted by atomic mass is 9.92. The summed E-state index contributed by atoms with van der Waals surface area (Å²) in [6, 6.07) is 23.4. The van der Waals surface area contributed by atoms with Crippen molar-refractivity contribution in [3.8, 4) is 6.07 Å². The van der Waals surface area contributed by atoms with Gasteiger partial charge in [0.15, 0.2) is 5.69 Å². The van der Waals surface area contributed by atoms with Gasteiger partial charge in [0, 0.05) is 16.1 Å². The van der Waals surface area contributed by atoms with E-state index < -0.39 is 11.8 Å². The molecule has 1 heterocycles. The van der Waals surface area contributed by atoms with Crippen LogP contribution in [0, 0.1) is 11.3 Å². The summed E-state index contributed by atoms with van der Waals surface area (Å²) < 4.78 is 1.31. The van der Waals surface area contributed by atoms with Gasteiger partial charge in [-0.15, -0.1) is 0 Å². The molecule has 0 aliphatic rings. The molecule has 1 N–H and O–H groups in total. The second-order valence-electron chi connectivity index (χ2n) is 7.90. The van der Waals surface area contributed by atoms with Gasteiger partial charge >= 0.3 is 0 Å². The summed E-state index contributed by atoms with van der Waals surface area (Å²) >= 11 is 6.50. The third-order valence-electron chi connectivity index (χ3n) is 5.36. The minimum Gasteiger partial charge on any atom is -0.321 e. The van der Waals surface area contributed by atoms with Crippen LogP contribution in [0.1, 0.15) is 47.4 Å². The monoisotopic (exact) mass is 456 g/mol. The van der Waals surface area contributed by atoms with Crippen molar-refractivity contribution < 1.29 is 4.79 Å². The molecular weight excluding hydrogens is 436 g/mol. The smallest absolute Gasteiger partial charge is 0.276 e. The number of fused-ring (bicyclic) bond motifs is 1. The Labute approximate surface area is 196 Å². The fourth-order valence-corrected chi connectivity index (χ4v) is 4.01. The van der Waals surface area contributed by atoms with Crippen molar-refractivity contribution in [2.24, 2.45) is 0 Å². The summed E-state index contributed by atoms with van der Waals surface area (Å²) in [6.07, 6.45) is 0. The maximum Gasteiger partial charge on any atom is 0.276 e. The van der Waals surface area contributed by atoms with Gasteiger partial charge in [0.1, 0.15) is 0 Å². The van der Waals surface area contributed by atoms with Gasteiger partial charge in [0.05, 0.1) is 23.4 Å². The number of nitrogens with zero attached hydrogens (tertiary/aromatic N) is 3. The van der Waals surface area contributed by atoms with Crippen LogP contribution in [0.5, 0.6) is 0 Å². The van der Waals surface area contributed by atoms with Gasteiger partial charge in [-0.05, 0) is 43.2 Å². The summed E-state index contributed by atoms with van der Waals surface area (Å²) in [5.74, 6) is -0.979. The molecule has 0 saturated carbocycles. The summed E-state index contributed by atoms with van der Waals surface area (Å²) in [6.45, 7) is 3.67. The first-order valence-corrected chi connectivity index (χ1v) is 10.9. The molecule has 6 nitrogen and oxygen atoms in total. The molecule has 1 aromatic heterocycles. The van der Waals surface area contributed by atoms with E-state index in [9.17, 15) is 14.9 Å². The minimum absolute atomic E-state index is 0.151. The van der Waals surface area contributed by atoms with Crippen molar-refractivity contribution in [1.82, 2.24) is 9.78 Å². The zero-order valence-electron chi connectivity index (χ0n) is 18.1. The molecule has 4 rings (SSSR count). The molecule has 0 aliphatic heterocycles. The molecule has 1 atom stereocenters. The quantitative estimate of drug-likeness (QED) is 0.427. The number of nitriles is 1. The fourth-order valence-electron chi connectivity index (χ4n) is 3.72. The van der Waals surface area contributed by atoms with Crippen molar-refractivity contribution in [2.45, 2.75) is 25.8 Å². The van der Waals surface area contributed by atoms with Gasteiger partial charge in [-0.3, -0.25) is 9.59 Å². The van der Waals surface area contributed by atoms with E-state index in [2.05, 4.69) is 16.5 Å². The Morgan fingerprint density at radius 2 is 1.70 bits per heavy atom. The second-order valence-corrected chi connectivity index (χ2v) is 8.31. The predicted octanol–water partition coefficient (Wildman–Crippen LogP) is 5.54. The van der Waals surface area contributed by atoms with Crippen molar-refractivity contribution in [2.75, 3.05) is 5.32 Å². The molecule has 164 valence electrons. The van der Waals surface area contributed by atoms with Crippen molar-refractivity contribution >= 4 is 34.0 Å². The van der Waals surface area contributed by atoms with Crippen LogP contribution < -0.4 is 10.9 Å². The Hall–Kier alpha value is -3.95. The van der Waals surface area contributed by atoms with Crippen molar-refractivity contribution in [1.29, 1.82) is 5.26 Å². The third kappa shape index (κ3) is 4.36. The summed E-state index contributed by atoms with van der Waals surface area (Å²) in [4.78, 5) is 25.9. The molecule has 0 fully saturated rings. The van der Waals surface area contributed by atoms with Gasteiger partial charge in [-0.1, -0.05) is 66.2 Å². The van der Waals surface area contributed by atoms with E-state index in [1.54, 1.807) is 42.5 Å². The first kappa shape index (κ1) is 22.3. The van der Waals surface area contributed by atoms with Crippen LogP contribution in [0.15, 0.2) is 77.6 Å². The highest BCUT2D eigenvalue weighted by Crippen LogP contribution is 2.32. The number of rotatable bonds is 5. The van der Waals surface area contributed by atoms with Gasteiger partial charge in [0.2, 0.25) is 0 Å². The zero-order chi connectivity index (χ0) is 23.5. The minimum atomic E-state index is -0.524. The highest BCUT2D eigenvalue weighted by Gasteiger charge is 2.20. The normalized spacial score (nSPS) is 11.8. The van der Waals surface area contributed by atoms with Gasteiger partial charge in [0.25, 0.3) is 11.5 Å². The van der Waals surface area contributed by atoms with Crippen LogP contribution in [0.2, 0.25) is 5.02 Å². The van der Waals surface area contributed by atoms with Crippen LogP contribution in [0.4, 0.5) is 5.69 Å². The number of aromatic nitrogens is 2. The molecule has 33 heavy (non-hydrogen) atoms. The SMILES string of the molecule is CC(C)n1nc(C(=O)Nc2ccc(C(C#N)c3ccccc3)c(Cl)c2)c2ccccc2c1=O. The van der Waals surface area contributed by atoms with E-state index in [1.165, 1.54) is 4.68 Å². The predicted molar refractivity (Wildman–Crippen MR) is 130 cm³/mol. The average Bonchev–Trinajstić information content (AvgIpc) is 2.81. The molecule has 0 saturated heterocycles. The second kappa shape index (κ2) is 9.27. The molecule has 3 aromatic carbocycles. The van der Waals surface area contributed by atoms with E-state index in [-0.39, 0.29) is 17.3 Å². The zero-order valence-corrected chi connectivity index (χ0v) is 18.9. The van der Waals surface area contributed by atoms with Crippen LogP contribution in [0.25, 0.3) is 10.8 Å². The number of anilines is 1. The lowest BCUT2D eigenvalue weighted by Gasteiger charge is -2.15. The number of benzene rings is 3.